The second kappa shape index (κ2) is 6.91. The molecule has 6 nitrogen and oxygen atoms in total. The van der Waals surface area contributed by atoms with Crippen LogP contribution in [0.5, 0.6) is 11.5 Å². The number of amides is 1. The molecule has 1 aliphatic carbocycles. The van der Waals surface area contributed by atoms with E-state index in [-0.39, 0.29) is 12.7 Å². The van der Waals surface area contributed by atoms with Gasteiger partial charge < -0.3 is 18.9 Å². The molecule has 3 aliphatic rings. The van der Waals surface area contributed by atoms with Crippen LogP contribution >= 0.6 is 0 Å². The summed E-state index contributed by atoms with van der Waals surface area (Å²) < 4.78 is 16.5. The number of carbonyl (C=O) groups is 1. The summed E-state index contributed by atoms with van der Waals surface area (Å²) in [6.07, 6.45) is 7.70. The first kappa shape index (κ1) is 16.7. The molecule has 1 fully saturated rings. The van der Waals surface area contributed by atoms with Gasteiger partial charge in [-0.25, -0.2) is 0 Å². The topological polar surface area (TPSA) is 64.8 Å². The van der Waals surface area contributed by atoms with E-state index in [0.29, 0.717) is 23.0 Å². The number of likely N-dealkylation sites (tertiary alicyclic amines) is 1. The second-order valence-corrected chi connectivity index (χ2v) is 7.67. The predicted molar refractivity (Wildman–Crippen MR) is 98.2 cm³/mol. The van der Waals surface area contributed by atoms with Crippen LogP contribution in [0.1, 0.15) is 65.4 Å². The fourth-order valence-corrected chi connectivity index (χ4v) is 4.47. The average Bonchev–Trinajstić information content (AvgIpc) is 3.28. The van der Waals surface area contributed by atoms with Crippen LogP contribution in [-0.4, -0.2) is 35.8 Å². The number of ether oxygens (including phenoxy) is 2. The summed E-state index contributed by atoms with van der Waals surface area (Å²) in [5.41, 5.74) is 3.18. The van der Waals surface area contributed by atoms with Gasteiger partial charge >= 0.3 is 0 Å². The summed E-state index contributed by atoms with van der Waals surface area (Å²) in [4.78, 5) is 14.8. The molecule has 0 N–H and O–H groups in total. The molecule has 2 aliphatic heterocycles. The minimum absolute atomic E-state index is 0.0585. The van der Waals surface area contributed by atoms with Crippen LogP contribution < -0.4 is 9.47 Å². The van der Waals surface area contributed by atoms with Crippen molar-refractivity contribution in [3.63, 3.8) is 0 Å². The summed E-state index contributed by atoms with van der Waals surface area (Å²) in [5.74, 6) is 2.88. The van der Waals surface area contributed by atoms with E-state index in [9.17, 15) is 4.79 Å². The fourth-order valence-electron chi connectivity index (χ4n) is 4.47. The Kier molecular flexibility index (Phi) is 4.26. The molecule has 0 saturated carbocycles. The average molecular weight is 368 g/mol. The molecular formula is C21H24N2O4. The third-order valence-corrected chi connectivity index (χ3v) is 6.01. The highest BCUT2D eigenvalue weighted by molar-refractivity contribution is 5.95. The van der Waals surface area contributed by atoms with Crippen LogP contribution in [0.3, 0.4) is 0 Å². The quantitative estimate of drug-likeness (QED) is 0.757. The van der Waals surface area contributed by atoms with Gasteiger partial charge in [0.2, 0.25) is 6.79 Å². The first-order valence-electron chi connectivity index (χ1n) is 9.96. The summed E-state index contributed by atoms with van der Waals surface area (Å²) >= 11 is 0. The molecule has 27 heavy (non-hydrogen) atoms. The number of benzene rings is 1. The number of rotatable bonds is 2. The number of piperidine rings is 1. The van der Waals surface area contributed by atoms with Crippen molar-refractivity contribution in [1.29, 1.82) is 0 Å². The van der Waals surface area contributed by atoms with Crippen molar-refractivity contribution < 1.29 is 18.8 Å². The minimum Gasteiger partial charge on any atom is -0.454 e. The highest BCUT2D eigenvalue weighted by Gasteiger charge is 2.30. The summed E-state index contributed by atoms with van der Waals surface area (Å²) in [5, 5.41) is 4.35. The zero-order valence-electron chi connectivity index (χ0n) is 15.4. The normalized spacial score (nSPS) is 19.6. The largest absolute Gasteiger partial charge is 0.454 e. The van der Waals surface area contributed by atoms with Gasteiger partial charge in [-0.2, -0.15) is 0 Å². The maximum absolute atomic E-state index is 12.9. The van der Waals surface area contributed by atoms with Crippen LogP contribution in [0.15, 0.2) is 22.7 Å². The van der Waals surface area contributed by atoms with Crippen LogP contribution in [-0.2, 0) is 12.8 Å². The molecule has 142 valence electrons. The van der Waals surface area contributed by atoms with E-state index >= 15 is 0 Å². The first-order chi connectivity index (χ1) is 13.3. The van der Waals surface area contributed by atoms with E-state index < -0.39 is 0 Å². The molecule has 0 spiro atoms. The molecule has 1 aromatic heterocycles. The van der Waals surface area contributed by atoms with Gasteiger partial charge in [0.25, 0.3) is 5.91 Å². The lowest BCUT2D eigenvalue weighted by Crippen LogP contribution is -2.38. The number of nitrogens with zero attached hydrogens (tertiary/aromatic N) is 2. The number of hydrogen-bond donors (Lipinski definition) is 0. The molecule has 0 unspecified atom stereocenters. The fraction of sp³-hybridized carbons (Fsp3) is 0.524. The van der Waals surface area contributed by atoms with Crippen molar-refractivity contribution >= 4 is 5.91 Å². The van der Waals surface area contributed by atoms with Gasteiger partial charge in [0, 0.05) is 30.1 Å². The Balaban J connectivity index is 1.26. The van der Waals surface area contributed by atoms with Crippen molar-refractivity contribution in [2.45, 2.75) is 50.9 Å². The molecular weight excluding hydrogens is 344 g/mol. The molecule has 0 atom stereocenters. The van der Waals surface area contributed by atoms with Gasteiger partial charge in [0.1, 0.15) is 5.76 Å². The Morgan fingerprint density at radius 3 is 2.74 bits per heavy atom. The van der Waals surface area contributed by atoms with E-state index in [4.69, 9.17) is 14.0 Å². The van der Waals surface area contributed by atoms with Crippen molar-refractivity contribution in [2.24, 2.45) is 0 Å². The second-order valence-electron chi connectivity index (χ2n) is 7.67. The Labute approximate surface area is 158 Å². The maximum Gasteiger partial charge on any atom is 0.253 e. The van der Waals surface area contributed by atoms with Gasteiger partial charge in [-0.15, -0.1) is 0 Å². The van der Waals surface area contributed by atoms with Gasteiger partial charge in [0.05, 0.1) is 5.69 Å². The van der Waals surface area contributed by atoms with Crippen molar-refractivity contribution in [2.75, 3.05) is 19.9 Å². The monoisotopic (exact) mass is 368 g/mol. The van der Waals surface area contributed by atoms with E-state index in [2.05, 4.69) is 5.16 Å². The molecule has 2 aromatic rings. The lowest BCUT2D eigenvalue weighted by atomic mass is 9.90. The van der Waals surface area contributed by atoms with E-state index in [1.165, 1.54) is 30.5 Å². The number of carbonyl (C=O) groups excluding carboxylic acids is 1. The van der Waals surface area contributed by atoms with Gasteiger partial charge in [-0.1, -0.05) is 11.6 Å². The van der Waals surface area contributed by atoms with Gasteiger partial charge in [-0.3, -0.25) is 4.79 Å². The molecule has 0 bridgehead atoms. The first-order valence-corrected chi connectivity index (χ1v) is 9.96. The number of aryl methyl sites for hydroxylation is 1. The molecule has 6 heteroatoms. The van der Waals surface area contributed by atoms with Crippen molar-refractivity contribution in [3.8, 4) is 11.5 Å². The number of aromatic nitrogens is 1. The van der Waals surface area contributed by atoms with E-state index in [0.717, 1.165) is 44.5 Å². The zero-order valence-corrected chi connectivity index (χ0v) is 15.4. The Morgan fingerprint density at radius 1 is 1.04 bits per heavy atom. The Hall–Kier alpha value is -2.50. The zero-order chi connectivity index (χ0) is 18.2. The minimum atomic E-state index is 0.0585. The van der Waals surface area contributed by atoms with Crippen LogP contribution in [0.2, 0.25) is 0 Å². The van der Waals surface area contributed by atoms with E-state index in [1.807, 2.05) is 17.0 Å². The van der Waals surface area contributed by atoms with E-state index in [1.54, 1.807) is 6.07 Å². The standard InChI is InChI=1S/C21H24N2O4/c24-21(15-6-7-18-19(12-15)26-13-25-18)23-10-8-14(9-11-23)20-16-4-2-1-3-5-17(16)22-27-20/h6-7,12,14H,1-5,8-11,13H2. The molecule has 3 heterocycles. The van der Waals surface area contributed by atoms with Gasteiger partial charge in [0.15, 0.2) is 11.5 Å². The highest BCUT2D eigenvalue weighted by Crippen LogP contribution is 2.36. The highest BCUT2D eigenvalue weighted by atomic mass is 16.7. The molecule has 1 saturated heterocycles. The SMILES string of the molecule is O=C(c1ccc2c(c1)OCO2)N1CCC(c2onc3c2CCCCC3)CC1. The molecule has 1 amide bonds. The predicted octanol–water partition coefficient (Wildman–Crippen LogP) is 3.69. The maximum atomic E-state index is 12.9. The molecule has 5 rings (SSSR count). The van der Waals surface area contributed by atoms with Gasteiger partial charge in [-0.05, 0) is 56.7 Å². The van der Waals surface area contributed by atoms with Crippen LogP contribution in [0.4, 0.5) is 0 Å². The lowest BCUT2D eigenvalue weighted by Gasteiger charge is -2.31. The lowest BCUT2D eigenvalue weighted by molar-refractivity contribution is 0.0705. The summed E-state index contributed by atoms with van der Waals surface area (Å²) in [6, 6.07) is 5.41. The Morgan fingerprint density at radius 2 is 1.85 bits per heavy atom. The van der Waals surface area contributed by atoms with Crippen LogP contribution in [0.25, 0.3) is 0 Å². The smallest absolute Gasteiger partial charge is 0.253 e. The van der Waals surface area contributed by atoms with Crippen molar-refractivity contribution in [3.05, 3.63) is 40.8 Å². The number of hydrogen-bond acceptors (Lipinski definition) is 5. The number of fused-ring (bicyclic) bond motifs is 2. The third kappa shape index (κ3) is 3.07. The van der Waals surface area contributed by atoms with Crippen LogP contribution in [0, 0.1) is 0 Å². The Bertz CT molecular complexity index is 852. The van der Waals surface area contributed by atoms with Crippen molar-refractivity contribution in [1.82, 2.24) is 10.1 Å². The molecule has 1 aromatic carbocycles. The third-order valence-electron chi connectivity index (χ3n) is 6.01. The molecule has 0 radical (unpaired) electrons. The summed E-state index contributed by atoms with van der Waals surface area (Å²) in [6.45, 7) is 1.71. The summed E-state index contributed by atoms with van der Waals surface area (Å²) in [7, 11) is 0.